The van der Waals surface area contributed by atoms with Gasteiger partial charge in [-0.2, -0.15) is 5.10 Å². The highest BCUT2D eigenvalue weighted by Crippen LogP contribution is 2.35. The first-order valence-electron chi connectivity index (χ1n) is 6.57. The molecule has 3 nitrogen and oxygen atoms in total. The third-order valence-electron chi connectivity index (χ3n) is 4.06. The third kappa shape index (κ3) is 1.70. The molecule has 0 fully saturated rings. The second kappa shape index (κ2) is 4.16. The van der Waals surface area contributed by atoms with E-state index in [4.69, 9.17) is 5.73 Å². The van der Waals surface area contributed by atoms with Crippen molar-refractivity contribution in [2.24, 2.45) is 7.05 Å². The lowest BCUT2D eigenvalue weighted by molar-refractivity contribution is 0.590. The van der Waals surface area contributed by atoms with Crippen molar-refractivity contribution in [2.45, 2.75) is 32.1 Å². The fraction of sp³-hybridized carbons (Fsp3) is 0.400. The van der Waals surface area contributed by atoms with Gasteiger partial charge in [0.05, 0.1) is 6.20 Å². The molecule has 1 heterocycles. The molecule has 0 bridgehead atoms. The molecule has 0 saturated carbocycles. The number of hydrogen-bond acceptors (Lipinski definition) is 2. The van der Waals surface area contributed by atoms with Gasteiger partial charge < -0.3 is 5.73 Å². The number of rotatable bonds is 1. The van der Waals surface area contributed by atoms with Gasteiger partial charge in [0.2, 0.25) is 0 Å². The van der Waals surface area contributed by atoms with Crippen LogP contribution in [-0.4, -0.2) is 9.78 Å². The van der Waals surface area contributed by atoms with Gasteiger partial charge in [0.1, 0.15) is 5.82 Å². The van der Waals surface area contributed by atoms with E-state index < -0.39 is 0 Å². The quantitative estimate of drug-likeness (QED) is 0.833. The van der Waals surface area contributed by atoms with Crippen molar-refractivity contribution >= 4 is 5.82 Å². The molecule has 0 aliphatic heterocycles. The standard InChI is InChI=1S/C15H19N3/c1-10-4-3-5-11-6-7-12(8-13(10)11)14-9-17-18(2)15(14)16/h6-10H,3-5,16H2,1-2H3. The molecule has 2 aromatic rings. The Morgan fingerprint density at radius 3 is 2.94 bits per heavy atom. The van der Waals surface area contributed by atoms with Crippen molar-refractivity contribution in [1.29, 1.82) is 0 Å². The summed E-state index contributed by atoms with van der Waals surface area (Å²) in [6, 6.07) is 6.73. The van der Waals surface area contributed by atoms with Gasteiger partial charge in [-0.05, 0) is 41.9 Å². The van der Waals surface area contributed by atoms with Gasteiger partial charge in [0.25, 0.3) is 0 Å². The third-order valence-corrected chi connectivity index (χ3v) is 4.06. The first kappa shape index (κ1) is 11.3. The van der Waals surface area contributed by atoms with Crippen LogP contribution in [0.2, 0.25) is 0 Å². The Kier molecular flexibility index (Phi) is 2.62. The molecule has 1 aliphatic rings. The van der Waals surface area contributed by atoms with Gasteiger partial charge in [0, 0.05) is 12.6 Å². The predicted molar refractivity (Wildman–Crippen MR) is 74.4 cm³/mol. The van der Waals surface area contributed by atoms with Crippen molar-refractivity contribution in [2.75, 3.05) is 5.73 Å². The van der Waals surface area contributed by atoms with Crippen molar-refractivity contribution in [3.63, 3.8) is 0 Å². The Hall–Kier alpha value is -1.77. The summed E-state index contributed by atoms with van der Waals surface area (Å²) in [5.41, 5.74) is 11.3. The highest BCUT2D eigenvalue weighted by molar-refractivity contribution is 5.74. The largest absolute Gasteiger partial charge is 0.383 e. The number of fused-ring (bicyclic) bond motifs is 1. The molecule has 1 aliphatic carbocycles. The van der Waals surface area contributed by atoms with Crippen LogP contribution >= 0.6 is 0 Å². The maximum atomic E-state index is 6.05. The number of hydrogen-bond donors (Lipinski definition) is 1. The Morgan fingerprint density at radius 2 is 2.22 bits per heavy atom. The Balaban J connectivity index is 2.09. The zero-order chi connectivity index (χ0) is 12.7. The fourth-order valence-electron chi connectivity index (χ4n) is 2.87. The number of nitrogens with two attached hydrogens (primary N) is 1. The number of anilines is 1. The number of aromatic nitrogens is 2. The second-order valence-corrected chi connectivity index (χ2v) is 5.27. The van der Waals surface area contributed by atoms with E-state index >= 15 is 0 Å². The molecule has 1 unspecified atom stereocenters. The lowest BCUT2D eigenvalue weighted by atomic mass is 9.82. The molecule has 0 amide bonds. The van der Waals surface area contributed by atoms with E-state index in [1.165, 1.54) is 36.0 Å². The monoisotopic (exact) mass is 241 g/mol. The van der Waals surface area contributed by atoms with Crippen LogP contribution in [0.25, 0.3) is 11.1 Å². The summed E-state index contributed by atoms with van der Waals surface area (Å²) in [4.78, 5) is 0. The molecule has 0 saturated heterocycles. The SMILES string of the molecule is CC1CCCc2ccc(-c3cnn(C)c3N)cc21. The first-order valence-corrected chi connectivity index (χ1v) is 6.57. The van der Waals surface area contributed by atoms with E-state index in [9.17, 15) is 0 Å². The van der Waals surface area contributed by atoms with E-state index in [1.807, 2.05) is 13.2 Å². The van der Waals surface area contributed by atoms with Gasteiger partial charge >= 0.3 is 0 Å². The molecule has 18 heavy (non-hydrogen) atoms. The molecule has 3 heteroatoms. The number of aryl methyl sites for hydroxylation is 2. The lowest BCUT2D eigenvalue weighted by Gasteiger charge is -2.22. The normalized spacial score (nSPS) is 18.7. The zero-order valence-electron chi connectivity index (χ0n) is 11.0. The lowest BCUT2D eigenvalue weighted by Crippen LogP contribution is -2.07. The van der Waals surface area contributed by atoms with Crippen LogP contribution in [0.4, 0.5) is 5.82 Å². The van der Waals surface area contributed by atoms with Gasteiger partial charge in [-0.25, -0.2) is 0 Å². The molecule has 3 rings (SSSR count). The predicted octanol–water partition coefficient (Wildman–Crippen LogP) is 3.11. The molecule has 94 valence electrons. The number of nitrogen functional groups attached to an aromatic ring is 1. The van der Waals surface area contributed by atoms with Crippen LogP contribution in [-0.2, 0) is 13.5 Å². The van der Waals surface area contributed by atoms with Gasteiger partial charge in [-0.1, -0.05) is 25.1 Å². The highest BCUT2D eigenvalue weighted by Gasteiger charge is 2.17. The molecule has 1 atom stereocenters. The first-order chi connectivity index (χ1) is 8.66. The van der Waals surface area contributed by atoms with Crippen LogP contribution in [0.5, 0.6) is 0 Å². The van der Waals surface area contributed by atoms with Crippen molar-refractivity contribution < 1.29 is 0 Å². The average molecular weight is 241 g/mol. The smallest absolute Gasteiger partial charge is 0.129 e. The van der Waals surface area contributed by atoms with Crippen LogP contribution < -0.4 is 5.73 Å². The number of benzene rings is 1. The minimum atomic E-state index is 0.659. The van der Waals surface area contributed by atoms with E-state index in [2.05, 4.69) is 30.2 Å². The summed E-state index contributed by atoms with van der Waals surface area (Å²) < 4.78 is 1.72. The second-order valence-electron chi connectivity index (χ2n) is 5.27. The molecule has 0 spiro atoms. The van der Waals surface area contributed by atoms with Gasteiger partial charge in [0.15, 0.2) is 0 Å². The summed E-state index contributed by atoms with van der Waals surface area (Å²) in [6.45, 7) is 2.31. The fourth-order valence-corrected chi connectivity index (χ4v) is 2.87. The molecule has 1 aromatic carbocycles. The van der Waals surface area contributed by atoms with Crippen molar-refractivity contribution in [1.82, 2.24) is 9.78 Å². The summed E-state index contributed by atoms with van der Waals surface area (Å²) in [7, 11) is 1.87. The summed E-state index contributed by atoms with van der Waals surface area (Å²) in [5, 5.41) is 4.22. The van der Waals surface area contributed by atoms with Crippen LogP contribution in [0.3, 0.4) is 0 Å². The van der Waals surface area contributed by atoms with Crippen LogP contribution in [0.15, 0.2) is 24.4 Å². The van der Waals surface area contributed by atoms with E-state index in [-0.39, 0.29) is 0 Å². The highest BCUT2D eigenvalue weighted by atomic mass is 15.3. The average Bonchev–Trinajstić information content (AvgIpc) is 2.70. The summed E-state index contributed by atoms with van der Waals surface area (Å²) in [5.74, 6) is 1.39. The molecule has 0 radical (unpaired) electrons. The zero-order valence-corrected chi connectivity index (χ0v) is 11.0. The van der Waals surface area contributed by atoms with E-state index in [0.29, 0.717) is 5.92 Å². The van der Waals surface area contributed by atoms with Crippen LogP contribution in [0, 0.1) is 0 Å². The Bertz CT molecular complexity index is 583. The minimum absolute atomic E-state index is 0.659. The molecular formula is C15H19N3. The Labute approximate surface area is 108 Å². The Morgan fingerprint density at radius 1 is 1.39 bits per heavy atom. The van der Waals surface area contributed by atoms with Gasteiger partial charge in [-0.15, -0.1) is 0 Å². The van der Waals surface area contributed by atoms with Crippen LogP contribution in [0.1, 0.15) is 36.8 Å². The summed E-state index contributed by atoms with van der Waals surface area (Å²) in [6.07, 6.45) is 5.66. The van der Waals surface area contributed by atoms with E-state index in [1.54, 1.807) is 4.68 Å². The molecule has 2 N–H and O–H groups in total. The maximum absolute atomic E-state index is 6.05. The maximum Gasteiger partial charge on any atom is 0.129 e. The van der Waals surface area contributed by atoms with Crippen molar-refractivity contribution in [3.8, 4) is 11.1 Å². The molecular weight excluding hydrogens is 222 g/mol. The van der Waals surface area contributed by atoms with Crippen molar-refractivity contribution in [3.05, 3.63) is 35.5 Å². The van der Waals surface area contributed by atoms with Gasteiger partial charge in [-0.3, -0.25) is 4.68 Å². The summed E-state index contributed by atoms with van der Waals surface area (Å²) >= 11 is 0. The minimum Gasteiger partial charge on any atom is -0.383 e. The van der Waals surface area contributed by atoms with E-state index in [0.717, 1.165) is 11.4 Å². The number of nitrogens with zero attached hydrogens (tertiary/aromatic N) is 2. The molecule has 1 aromatic heterocycles. The topological polar surface area (TPSA) is 43.8 Å².